The lowest BCUT2D eigenvalue weighted by atomic mass is 9.56. The van der Waals surface area contributed by atoms with Crippen LogP contribution in [0.25, 0.3) is 0 Å². The van der Waals surface area contributed by atoms with Crippen molar-refractivity contribution >= 4 is 5.78 Å². The van der Waals surface area contributed by atoms with E-state index in [9.17, 15) is 4.79 Å². The number of fused-ring (bicyclic) bond motifs is 5. The summed E-state index contributed by atoms with van der Waals surface area (Å²) in [5.41, 5.74) is 3.26. The fourth-order valence-corrected chi connectivity index (χ4v) is 5.90. The largest absolute Gasteiger partial charge is 0.295 e. The van der Waals surface area contributed by atoms with Gasteiger partial charge in [-0.15, -0.1) is 5.92 Å². The molecule has 0 unspecified atom stereocenters. The molecule has 1 fully saturated rings. The zero-order chi connectivity index (χ0) is 16.0. The van der Waals surface area contributed by atoms with Gasteiger partial charge in [0, 0.05) is 24.2 Å². The molecule has 4 aliphatic carbocycles. The van der Waals surface area contributed by atoms with Gasteiger partial charge in [-0.1, -0.05) is 36.6 Å². The van der Waals surface area contributed by atoms with Gasteiger partial charge in [0.05, 0.1) is 0 Å². The molecule has 0 amide bonds. The van der Waals surface area contributed by atoms with Crippen LogP contribution in [0.4, 0.5) is 0 Å². The Balaban J connectivity index is 1.74. The normalized spacial score (nSPS) is 41.0. The van der Waals surface area contributed by atoms with Gasteiger partial charge in [0.25, 0.3) is 0 Å². The van der Waals surface area contributed by atoms with E-state index in [4.69, 9.17) is 0 Å². The van der Waals surface area contributed by atoms with Gasteiger partial charge in [-0.2, -0.15) is 0 Å². The first kappa shape index (κ1) is 15.0. The molecule has 120 valence electrons. The van der Waals surface area contributed by atoms with E-state index in [1.54, 1.807) is 5.57 Å². The molecule has 1 nitrogen and oxygen atoms in total. The lowest BCUT2D eigenvalue weighted by molar-refractivity contribution is -0.115. The molecule has 1 saturated carbocycles. The van der Waals surface area contributed by atoms with Gasteiger partial charge in [0.1, 0.15) is 0 Å². The molecule has 0 heterocycles. The Morgan fingerprint density at radius 1 is 1.30 bits per heavy atom. The van der Waals surface area contributed by atoms with Crippen LogP contribution in [-0.4, -0.2) is 5.78 Å². The van der Waals surface area contributed by atoms with E-state index in [1.165, 1.54) is 31.3 Å². The van der Waals surface area contributed by atoms with Gasteiger partial charge in [-0.3, -0.25) is 4.79 Å². The minimum Gasteiger partial charge on any atom is -0.295 e. The number of carbonyl (C=O) groups excluding carboxylic acids is 1. The monoisotopic (exact) mass is 306 g/mol. The summed E-state index contributed by atoms with van der Waals surface area (Å²) in [5.74, 6) is 9.43. The molecule has 0 radical (unpaired) electrons. The molecule has 4 rings (SSSR count). The third-order valence-electron chi connectivity index (χ3n) is 7.02. The average Bonchev–Trinajstić information content (AvgIpc) is 2.94. The molecule has 5 atom stereocenters. The van der Waals surface area contributed by atoms with E-state index in [0.717, 1.165) is 18.8 Å². The van der Waals surface area contributed by atoms with Crippen molar-refractivity contribution in [3.05, 3.63) is 35.5 Å². The van der Waals surface area contributed by atoms with Crippen LogP contribution in [-0.2, 0) is 4.79 Å². The minimum atomic E-state index is 0.304. The molecule has 4 aliphatic rings. The van der Waals surface area contributed by atoms with Crippen molar-refractivity contribution in [3.8, 4) is 11.8 Å². The van der Waals surface area contributed by atoms with Gasteiger partial charge in [0.15, 0.2) is 5.78 Å². The SMILES string of the molecule is CC#C[C@@H]1CC[C@H]2[C@@H]3C=CC4=CC(=O)CC[C@@H]4C3=CC[C@]12CC. The van der Waals surface area contributed by atoms with E-state index >= 15 is 0 Å². The summed E-state index contributed by atoms with van der Waals surface area (Å²) in [6, 6.07) is 0. The number of carbonyl (C=O) groups is 1. The molecule has 0 aromatic carbocycles. The van der Waals surface area contributed by atoms with Crippen LogP contribution >= 0.6 is 0 Å². The molecule has 0 aromatic rings. The Morgan fingerprint density at radius 3 is 2.96 bits per heavy atom. The summed E-state index contributed by atoms with van der Waals surface area (Å²) in [6.07, 6.45) is 15.8. The van der Waals surface area contributed by atoms with Crippen molar-refractivity contribution in [2.45, 2.75) is 52.4 Å². The quantitative estimate of drug-likeness (QED) is 0.500. The van der Waals surface area contributed by atoms with Crippen molar-refractivity contribution in [2.24, 2.45) is 29.1 Å². The maximum Gasteiger partial charge on any atom is 0.156 e. The number of hydrogen-bond acceptors (Lipinski definition) is 1. The van der Waals surface area contributed by atoms with E-state index in [1.807, 2.05) is 13.0 Å². The van der Waals surface area contributed by atoms with Crippen molar-refractivity contribution in [3.63, 3.8) is 0 Å². The highest BCUT2D eigenvalue weighted by atomic mass is 16.1. The van der Waals surface area contributed by atoms with E-state index in [0.29, 0.717) is 29.0 Å². The first-order valence-electron chi connectivity index (χ1n) is 9.24. The van der Waals surface area contributed by atoms with Gasteiger partial charge in [-0.05, 0) is 62.0 Å². The molecule has 0 aromatic heterocycles. The molecule has 0 spiro atoms. The summed E-state index contributed by atoms with van der Waals surface area (Å²) in [7, 11) is 0. The Labute approximate surface area is 139 Å². The molecule has 0 bridgehead atoms. The van der Waals surface area contributed by atoms with Crippen LogP contribution in [0.3, 0.4) is 0 Å². The fraction of sp³-hybridized carbons (Fsp3) is 0.591. The number of rotatable bonds is 1. The molecule has 0 N–H and O–H groups in total. The molecule has 0 saturated heterocycles. The summed E-state index contributed by atoms with van der Waals surface area (Å²) in [5, 5.41) is 0. The van der Waals surface area contributed by atoms with Crippen LogP contribution in [0, 0.1) is 40.9 Å². The standard InChI is InChI=1S/C22H26O/c1-3-5-16-7-11-21-20-9-6-15-14-17(23)8-10-18(15)19(20)12-13-22(16,21)4-2/h6,9,12,14,16,18,20-21H,4,7-8,10-11,13H2,1-2H3/t16-,18+,20-,21+,22-/m1/s1. The Bertz CT molecular complexity index is 680. The van der Waals surface area contributed by atoms with Crippen LogP contribution in [0.2, 0.25) is 0 Å². The summed E-state index contributed by atoms with van der Waals surface area (Å²) >= 11 is 0. The van der Waals surface area contributed by atoms with E-state index < -0.39 is 0 Å². The van der Waals surface area contributed by atoms with Crippen molar-refractivity contribution in [2.75, 3.05) is 0 Å². The van der Waals surface area contributed by atoms with E-state index in [2.05, 4.69) is 37.0 Å². The first-order chi connectivity index (χ1) is 11.2. The maximum absolute atomic E-state index is 11.7. The Hall–Kier alpha value is -1.55. The molecule has 0 aliphatic heterocycles. The number of ketones is 1. The molecule has 23 heavy (non-hydrogen) atoms. The van der Waals surface area contributed by atoms with Gasteiger partial charge < -0.3 is 0 Å². The molecular formula is C22H26O. The van der Waals surface area contributed by atoms with Crippen molar-refractivity contribution < 1.29 is 4.79 Å². The zero-order valence-electron chi connectivity index (χ0n) is 14.3. The van der Waals surface area contributed by atoms with Crippen LogP contribution in [0.1, 0.15) is 52.4 Å². The highest BCUT2D eigenvalue weighted by molar-refractivity contribution is 5.92. The predicted octanol–water partition coefficient (Wildman–Crippen LogP) is 4.85. The highest BCUT2D eigenvalue weighted by Gasteiger charge is 2.53. The second-order valence-electron chi connectivity index (χ2n) is 7.71. The summed E-state index contributed by atoms with van der Waals surface area (Å²) in [4.78, 5) is 11.7. The lowest BCUT2D eigenvalue weighted by Crippen LogP contribution is -2.40. The zero-order valence-corrected chi connectivity index (χ0v) is 14.3. The van der Waals surface area contributed by atoms with Crippen LogP contribution in [0.5, 0.6) is 0 Å². The maximum atomic E-state index is 11.7. The Kier molecular flexibility index (Phi) is 3.60. The number of allylic oxidation sites excluding steroid dienone is 6. The smallest absolute Gasteiger partial charge is 0.156 e. The highest BCUT2D eigenvalue weighted by Crippen LogP contribution is 2.61. The summed E-state index contributed by atoms with van der Waals surface area (Å²) in [6.45, 7) is 4.34. The fourth-order valence-electron chi connectivity index (χ4n) is 5.90. The lowest BCUT2D eigenvalue weighted by Gasteiger charge is -2.48. The Morgan fingerprint density at radius 2 is 2.17 bits per heavy atom. The van der Waals surface area contributed by atoms with Crippen LogP contribution < -0.4 is 0 Å². The summed E-state index contributed by atoms with van der Waals surface area (Å²) < 4.78 is 0. The predicted molar refractivity (Wildman–Crippen MR) is 93.5 cm³/mol. The van der Waals surface area contributed by atoms with Gasteiger partial charge in [0.2, 0.25) is 0 Å². The second kappa shape index (κ2) is 5.52. The second-order valence-corrected chi connectivity index (χ2v) is 7.71. The first-order valence-corrected chi connectivity index (χ1v) is 9.24. The van der Waals surface area contributed by atoms with Crippen molar-refractivity contribution in [1.29, 1.82) is 0 Å². The molecule has 1 heteroatoms. The van der Waals surface area contributed by atoms with Crippen LogP contribution in [0.15, 0.2) is 35.5 Å². The third-order valence-corrected chi connectivity index (χ3v) is 7.02. The average molecular weight is 306 g/mol. The number of hydrogen-bond donors (Lipinski definition) is 0. The minimum absolute atomic E-state index is 0.304. The van der Waals surface area contributed by atoms with E-state index in [-0.39, 0.29) is 0 Å². The topological polar surface area (TPSA) is 17.1 Å². The van der Waals surface area contributed by atoms with Gasteiger partial charge in [-0.25, -0.2) is 0 Å². The third kappa shape index (κ3) is 2.11. The molecular weight excluding hydrogens is 280 g/mol. The van der Waals surface area contributed by atoms with Crippen molar-refractivity contribution in [1.82, 2.24) is 0 Å². The van der Waals surface area contributed by atoms with Gasteiger partial charge >= 0.3 is 0 Å².